The Morgan fingerprint density at radius 1 is 1.05 bits per heavy atom. The highest BCUT2D eigenvalue weighted by atomic mass is 16.5. The number of nitrogens with zero attached hydrogens (tertiary/aromatic N) is 1. The Balaban J connectivity index is 1.69. The van der Waals surface area contributed by atoms with E-state index in [0.29, 0.717) is 12.2 Å². The van der Waals surface area contributed by atoms with Gasteiger partial charge in [0.1, 0.15) is 0 Å². The largest absolute Gasteiger partial charge is 0.389 e. The predicted molar refractivity (Wildman–Crippen MR) is 79.9 cm³/mol. The van der Waals surface area contributed by atoms with Crippen molar-refractivity contribution in [1.29, 1.82) is 0 Å². The molecule has 1 N–H and O–H groups in total. The SMILES string of the molecule is CCC(O)(CC)CN1CCC(OC2CCOCC2)CC1. The lowest BCUT2D eigenvalue weighted by Crippen LogP contribution is -2.47. The number of likely N-dealkylation sites (tertiary alicyclic amines) is 1. The second-order valence-electron chi connectivity index (χ2n) is 6.35. The highest BCUT2D eigenvalue weighted by Gasteiger charge is 2.29. The van der Waals surface area contributed by atoms with E-state index in [1.165, 1.54) is 0 Å². The van der Waals surface area contributed by atoms with Gasteiger partial charge in [-0.3, -0.25) is 0 Å². The van der Waals surface area contributed by atoms with Crippen molar-refractivity contribution in [1.82, 2.24) is 4.90 Å². The summed E-state index contributed by atoms with van der Waals surface area (Å²) in [5.41, 5.74) is -0.506. The van der Waals surface area contributed by atoms with Crippen molar-refractivity contribution < 1.29 is 14.6 Å². The van der Waals surface area contributed by atoms with Crippen molar-refractivity contribution in [2.45, 2.75) is 70.2 Å². The topological polar surface area (TPSA) is 41.9 Å². The van der Waals surface area contributed by atoms with Crippen LogP contribution in [0.3, 0.4) is 0 Å². The fourth-order valence-electron chi connectivity index (χ4n) is 3.18. The molecule has 4 nitrogen and oxygen atoms in total. The van der Waals surface area contributed by atoms with E-state index in [-0.39, 0.29) is 0 Å². The molecule has 2 heterocycles. The van der Waals surface area contributed by atoms with Crippen molar-refractivity contribution in [2.75, 3.05) is 32.8 Å². The summed E-state index contributed by atoms with van der Waals surface area (Å²) in [5.74, 6) is 0. The maximum Gasteiger partial charge on any atom is 0.0768 e. The van der Waals surface area contributed by atoms with Crippen LogP contribution in [0.2, 0.25) is 0 Å². The summed E-state index contributed by atoms with van der Waals surface area (Å²) in [7, 11) is 0. The van der Waals surface area contributed by atoms with Crippen LogP contribution in [0.4, 0.5) is 0 Å². The molecular weight excluding hydrogens is 254 g/mol. The fourth-order valence-corrected chi connectivity index (χ4v) is 3.18. The summed E-state index contributed by atoms with van der Waals surface area (Å²) in [6.07, 6.45) is 6.78. The first kappa shape index (κ1) is 16.2. The molecule has 0 saturated carbocycles. The molecule has 2 rings (SSSR count). The van der Waals surface area contributed by atoms with Crippen LogP contribution in [-0.2, 0) is 9.47 Å². The van der Waals surface area contributed by atoms with Crippen molar-refractivity contribution >= 4 is 0 Å². The lowest BCUT2D eigenvalue weighted by Gasteiger charge is -2.38. The summed E-state index contributed by atoms with van der Waals surface area (Å²) < 4.78 is 11.6. The first-order valence-corrected chi connectivity index (χ1v) is 8.33. The van der Waals surface area contributed by atoms with E-state index in [1.54, 1.807) is 0 Å². The molecule has 118 valence electrons. The number of hydrogen-bond donors (Lipinski definition) is 1. The third-order valence-corrected chi connectivity index (χ3v) is 4.92. The van der Waals surface area contributed by atoms with E-state index >= 15 is 0 Å². The van der Waals surface area contributed by atoms with Crippen molar-refractivity contribution in [2.24, 2.45) is 0 Å². The average Bonchev–Trinajstić information content (AvgIpc) is 2.50. The number of rotatable bonds is 6. The summed E-state index contributed by atoms with van der Waals surface area (Å²) in [6, 6.07) is 0. The van der Waals surface area contributed by atoms with Gasteiger partial charge in [-0.2, -0.15) is 0 Å². The molecule has 0 aromatic rings. The molecule has 0 spiro atoms. The lowest BCUT2D eigenvalue weighted by molar-refractivity contribution is -0.0910. The Bertz CT molecular complexity index is 267. The zero-order valence-corrected chi connectivity index (χ0v) is 13.1. The van der Waals surface area contributed by atoms with Gasteiger partial charge in [-0.25, -0.2) is 0 Å². The zero-order valence-electron chi connectivity index (χ0n) is 13.1. The van der Waals surface area contributed by atoms with Gasteiger partial charge in [0.15, 0.2) is 0 Å². The standard InChI is InChI=1S/C16H31NO3/c1-3-16(18,4-2)13-17-9-5-14(6-10-17)20-15-7-11-19-12-8-15/h14-15,18H,3-13H2,1-2H3. The Hall–Kier alpha value is -0.160. The van der Waals surface area contributed by atoms with Gasteiger partial charge in [0, 0.05) is 32.8 Å². The monoisotopic (exact) mass is 285 g/mol. The predicted octanol–water partition coefficient (Wildman–Crippen LogP) is 2.20. The second kappa shape index (κ2) is 7.74. The third kappa shape index (κ3) is 4.69. The van der Waals surface area contributed by atoms with Crippen molar-refractivity contribution in [3.05, 3.63) is 0 Å². The molecule has 0 bridgehead atoms. The first-order valence-electron chi connectivity index (χ1n) is 8.33. The van der Waals surface area contributed by atoms with E-state index in [4.69, 9.17) is 9.47 Å². The highest BCUT2D eigenvalue weighted by molar-refractivity contribution is 4.83. The molecule has 2 fully saturated rings. The van der Waals surface area contributed by atoms with E-state index < -0.39 is 5.60 Å². The summed E-state index contributed by atoms with van der Waals surface area (Å²) >= 11 is 0. The minimum atomic E-state index is -0.506. The van der Waals surface area contributed by atoms with Crippen LogP contribution in [0, 0.1) is 0 Å². The van der Waals surface area contributed by atoms with Gasteiger partial charge in [0.05, 0.1) is 17.8 Å². The van der Waals surface area contributed by atoms with E-state index in [0.717, 1.165) is 71.4 Å². The van der Waals surface area contributed by atoms with E-state index in [2.05, 4.69) is 18.7 Å². The van der Waals surface area contributed by atoms with Gasteiger partial charge in [-0.1, -0.05) is 13.8 Å². The van der Waals surface area contributed by atoms with Crippen molar-refractivity contribution in [3.8, 4) is 0 Å². The van der Waals surface area contributed by atoms with Gasteiger partial charge in [0.2, 0.25) is 0 Å². The second-order valence-corrected chi connectivity index (χ2v) is 6.35. The van der Waals surface area contributed by atoms with Gasteiger partial charge in [0.25, 0.3) is 0 Å². The number of piperidine rings is 1. The molecule has 0 radical (unpaired) electrons. The van der Waals surface area contributed by atoms with E-state index in [9.17, 15) is 5.11 Å². The average molecular weight is 285 g/mol. The molecule has 4 heteroatoms. The highest BCUT2D eigenvalue weighted by Crippen LogP contribution is 2.23. The number of ether oxygens (including phenoxy) is 2. The lowest BCUT2D eigenvalue weighted by atomic mass is 9.95. The van der Waals surface area contributed by atoms with E-state index in [1.807, 2.05) is 0 Å². The molecule has 0 unspecified atom stereocenters. The van der Waals surface area contributed by atoms with Gasteiger partial charge in [-0.15, -0.1) is 0 Å². The Morgan fingerprint density at radius 2 is 1.60 bits per heavy atom. The quantitative estimate of drug-likeness (QED) is 0.812. The maximum absolute atomic E-state index is 10.4. The molecule has 2 aliphatic heterocycles. The maximum atomic E-state index is 10.4. The molecular formula is C16H31NO3. The van der Waals surface area contributed by atoms with Crippen LogP contribution in [0.15, 0.2) is 0 Å². The Morgan fingerprint density at radius 3 is 2.15 bits per heavy atom. The molecule has 0 amide bonds. The van der Waals surface area contributed by atoms with Crippen LogP contribution < -0.4 is 0 Å². The number of aliphatic hydroxyl groups is 1. The smallest absolute Gasteiger partial charge is 0.0768 e. The van der Waals surface area contributed by atoms with Crippen LogP contribution in [0.1, 0.15) is 52.4 Å². The molecule has 0 aromatic heterocycles. The third-order valence-electron chi connectivity index (χ3n) is 4.92. The van der Waals surface area contributed by atoms with Crippen molar-refractivity contribution in [3.63, 3.8) is 0 Å². The number of hydrogen-bond acceptors (Lipinski definition) is 4. The van der Waals surface area contributed by atoms with Gasteiger partial charge >= 0.3 is 0 Å². The minimum Gasteiger partial charge on any atom is -0.389 e. The van der Waals surface area contributed by atoms with Gasteiger partial charge in [-0.05, 0) is 38.5 Å². The van der Waals surface area contributed by atoms with Gasteiger partial charge < -0.3 is 19.5 Å². The van der Waals surface area contributed by atoms with Crippen LogP contribution in [-0.4, -0.2) is 60.7 Å². The van der Waals surface area contributed by atoms with Crippen LogP contribution in [0.5, 0.6) is 0 Å². The Labute approximate surface area is 123 Å². The molecule has 20 heavy (non-hydrogen) atoms. The molecule has 0 aromatic carbocycles. The summed E-state index contributed by atoms with van der Waals surface area (Å²) in [4.78, 5) is 2.40. The number of β-amino-alcohol motifs (C(OH)–C–C–N with tert-alkyl or cyclic N) is 1. The molecule has 2 aliphatic rings. The summed E-state index contributed by atoms with van der Waals surface area (Å²) in [6.45, 7) is 8.76. The molecule has 0 aliphatic carbocycles. The summed E-state index contributed by atoms with van der Waals surface area (Å²) in [5, 5.41) is 10.4. The fraction of sp³-hybridized carbons (Fsp3) is 1.00. The Kier molecular flexibility index (Phi) is 6.27. The normalized spacial score (nSPS) is 24.1. The zero-order chi connectivity index (χ0) is 14.4. The first-order chi connectivity index (χ1) is 9.65. The van der Waals surface area contributed by atoms with Crippen LogP contribution in [0.25, 0.3) is 0 Å². The molecule has 0 atom stereocenters. The molecule has 2 saturated heterocycles. The minimum absolute atomic E-state index is 0.406. The van der Waals surface area contributed by atoms with Crippen LogP contribution >= 0.6 is 0 Å².